The molecule has 0 fully saturated rings. The SMILES string of the molecule is NCCCCc1c(-c2cncc(Br)c2)[nH]c2c(F)cccc12. The molecule has 3 rings (SSSR count). The Labute approximate surface area is 136 Å². The quantitative estimate of drug-likeness (QED) is 0.661. The summed E-state index contributed by atoms with van der Waals surface area (Å²) in [6.45, 7) is 0.671. The molecule has 0 aliphatic heterocycles. The van der Waals surface area contributed by atoms with Crippen LogP contribution in [0.4, 0.5) is 4.39 Å². The number of nitrogens with two attached hydrogens (primary N) is 1. The molecule has 0 saturated carbocycles. The summed E-state index contributed by atoms with van der Waals surface area (Å²) in [6.07, 6.45) is 6.33. The largest absolute Gasteiger partial charge is 0.352 e. The van der Waals surface area contributed by atoms with Crippen molar-refractivity contribution < 1.29 is 4.39 Å². The molecule has 2 aromatic heterocycles. The minimum absolute atomic E-state index is 0.230. The van der Waals surface area contributed by atoms with Crippen molar-refractivity contribution in [1.82, 2.24) is 9.97 Å². The van der Waals surface area contributed by atoms with Gasteiger partial charge in [0.1, 0.15) is 5.82 Å². The maximum atomic E-state index is 14.1. The van der Waals surface area contributed by atoms with Gasteiger partial charge < -0.3 is 10.7 Å². The Morgan fingerprint density at radius 1 is 1.23 bits per heavy atom. The number of benzene rings is 1. The summed E-state index contributed by atoms with van der Waals surface area (Å²) in [6, 6.07) is 7.18. The number of aryl methyl sites for hydroxylation is 1. The van der Waals surface area contributed by atoms with Crippen LogP contribution in [0.5, 0.6) is 0 Å². The first kappa shape index (κ1) is 15.2. The van der Waals surface area contributed by atoms with Gasteiger partial charge in [0, 0.05) is 27.8 Å². The highest BCUT2D eigenvalue weighted by Gasteiger charge is 2.15. The first-order valence-corrected chi connectivity index (χ1v) is 8.10. The zero-order valence-corrected chi connectivity index (χ0v) is 13.7. The van der Waals surface area contributed by atoms with E-state index in [2.05, 4.69) is 25.9 Å². The normalized spacial score (nSPS) is 11.2. The molecular formula is C17H17BrFN3. The Morgan fingerprint density at radius 2 is 2.09 bits per heavy atom. The van der Waals surface area contributed by atoms with Crippen molar-refractivity contribution in [2.45, 2.75) is 19.3 Å². The monoisotopic (exact) mass is 361 g/mol. The molecule has 2 heterocycles. The second kappa shape index (κ2) is 6.58. The molecule has 0 unspecified atom stereocenters. The minimum Gasteiger partial charge on any atom is -0.352 e. The number of pyridine rings is 1. The van der Waals surface area contributed by atoms with E-state index in [1.807, 2.05) is 12.1 Å². The number of hydrogen-bond acceptors (Lipinski definition) is 2. The molecule has 22 heavy (non-hydrogen) atoms. The maximum absolute atomic E-state index is 14.1. The van der Waals surface area contributed by atoms with E-state index in [1.165, 1.54) is 6.07 Å². The van der Waals surface area contributed by atoms with Gasteiger partial charge in [0.2, 0.25) is 0 Å². The number of halogens is 2. The molecule has 0 amide bonds. The van der Waals surface area contributed by atoms with Crippen LogP contribution in [0.2, 0.25) is 0 Å². The van der Waals surface area contributed by atoms with Crippen LogP contribution in [-0.2, 0) is 6.42 Å². The number of fused-ring (bicyclic) bond motifs is 1. The lowest BCUT2D eigenvalue weighted by molar-refractivity contribution is 0.637. The van der Waals surface area contributed by atoms with Crippen LogP contribution in [0.1, 0.15) is 18.4 Å². The predicted octanol–water partition coefficient (Wildman–Crippen LogP) is 4.41. The van der Waals surface area contributed by atoms with Crippen molar-refractivity contribution in [3.63, 3.8) is 0 Å². The molecule has 3 N–H and O–H groups in total. The average molecular weight is 362 g/mol. The molecule has 3 nitrogen and oxygen atoms in total. The molecule has 0 saturated heterocycles. The molecule has 0 atom stereocenters. The Morgan fingerprint density at radius 3 is 2.86 bits per heavy atom. The molecule has 0 aliphatic rings. The molecule has 0 aliphatic carbocycles. The predicted molar refractivity (Wildman–Crippen MR) is 91.2 cm³/mol. The number of H-pyrrole nitrogens is 1. The number of para-hydroxylation sites is 1. The fourth-order valence-corrected chi connectivity index (χ4v) is 3.10. The number of nitrogens with one attached hydrogen (secondary N) is 1. The molecular weight excluding hydrogens is 345 g/mol. The lowest BCUT2D eigenvalue weighted by Gasteiger charge is -2.05. The standard InChI is InChI=1S/C17H17BrFN3/c18-12-8-11(9-21-10-12)16-13(4-1-2-7-20)14-5-3-6-15(19)17(14)22-16/h3,5-6,8-10,22H,1-2,4,7,20H2. The van der Waals surface area contributed by atoms with Crippen LogP contribution in [0.25, 0.3) is 22.2 Å². The van der Waals surface area contributed by atoms with Gasteiger partial charge in [0.05, 0.1) is 11.2 Å². The number of hydrogen-bond donors (Lipinski definition) is 2. The third kappa shape index (κ3) is 2.91. The van der Waals surface area contributed by atoms with Crippen LogP contribution >= 0.6 is 15.9 Å². The Kier molecular flexibility index (Phi) is 4.55. The van der Waals surface area contributed by atoms with Crippen molar-refractivity contribution in [3.05, 3.63) is 52.5 Å². The summed E-state index contributed by atoms with van der Waals surface area (Å²) in [5.74, 6) is -0.230. The van der Waals surface area contributed by atoms with Crippen molar-refractivity contribution in [3.8, 4) is 11.3 Å². The van der Waals surface area contributed by atoms with Gasteiger partial charge in [-0.05, 0) is 59.4 Å². The van der Waals surface area contributed by atoms with Gasteiger partial charge in [-0.2, -0.15) is 0 Å². The number of aromatic nitrogens is 2. The topological polar surface area (TPSA) is 54.7 Å². The first-order chi connectivity index (χ1) is 10.7. The zero-order valence-electron chi connectivity index (χ0n) is 12.1. The van der Waals surface area contributed by atoms with Crippen molar-refractivity contribution >= 4 is 26.8 Å². The highest BCUT2D eigenvalue weighted by atomic mass is 79.9. The van der Waals surface area contributed by atoms with E-state index in [-0.39, 0.29) is 5.82 Å². The highest BCUT2D eigenvalue weighted by molar-refractivity contribution is 9.10. The van der Waals surface area contributed by atoms with Crippen molar-refractivity contribution in [2.75, 3.05) is 6.54 Å². The van der Waals surface area contributed by atoms with E-state index in [4.69, 9.17) is 5.73 Å². The van der Waals surface area contributed by atoms with Crippen molar-refractivity contribution in [1.29, 1.82) is 0 Å². The average Bonchev–Trinajstić information content (AvgIpc) is 2.88. The summed E-state index contributed by atoms with van der Waals surface area (Å²) < 4.78 is 15.0. The van der Waals surface area contributed by atoms with E-state index >= 15 is 0 Å². The number of unbranched alkanes of at least 4 members (excludes halogenated alkanes) is 1. The fraction of sp³-hybridized carbons (Fsp3) is 0.235. The Bertz CT molecular complexity index is 798. The number of nitrogens with zero attached hydrogens (tertiary/aromatic N) is 1. The summed E-state index contributed by atoms with van der Waals surface area (Å²) in [7, 11) is 0. The van der Waals surface area contributed by atoms with Gasteiger partial charge in [0.15, 0.2) is 0 Å². The number of rotatable bonds is 5. The highest BCUT2D eigenvalue weighted by Crippen LogP contribution is 2.33. The van der Waals surface area contributed by atoms with Crippen LogP contribution in [0, 0.1) is 5.82 Å². The molecule has 1 aromatic carbocycles. The first-order valence-electron chi connectivity index (χ1n) is 7.30. The maximum Gasteiger partial charge on any atom is 0.147 e. The molecule has 3 aromatic rings. The fourth-order valence-electron chi connectivity index (χ4n) is 2.74. The molecule has 0 bridgehead atoms. The van der Waals surface area contributed by atoms with Gasteiger partial charge in [-0.15, -0.1) is 0 Å². The van der Waals surface area contributed by atoms with Crippen molar-refractivity contribution in [2.24, 2.45) is 5.73 Å². The second-order valence-electron chi connectivity index (χ2n) is 5.28. The van der Waals surface area contributed by atoms with Crippen LogP contribution < -0.4 is 5.73 Å². The van der Waals surface area contributed by atoms with E-state index < -0.39 is 0 Å². The van der Waals surface area contributed by atoms with Gasteiger partial charge in [-0.25, -0.2) is 4.39 Å². The van der Waals surface area contributed by atoms with E-state index in [1.54, 1.807) is 18.5 Å². The third-order valence-electron chi connectivity index (χ3n) is 3.76. The van der Waals surface area contributed by atoms with Crippen LogP contribution in [0.15, 0.2) is 41.1 Å². The smallest absolute Gasteiger partial charge is 0.147 e. The summed E-state index contributed by atoms with van der Waals surface area (Å²) in [4.78, 5) is 7.45. The molecule has 0 radical (unpaired) electrons. The Hall–Kier alpha value is -1.72. The van der Waals surface area contributed by atoms with E-state index in [0.717, 1.165) is 45.9 Å². The summed E-state index contributed by atoms with van der Waals surface area (Å²) in [5, 5.41) is 0.937. The van der Waals surface area contributed by atoms with Gasteiger partial charge >= 0.3 is 0 Å². The molecule has 114 valence electrons. The third-order valence-corrected chi connectivity index (χ3v) is 4.20. The molecule has 0 spiro atoms. The van der Waals surface area contributed by atoms with E-state index in [0.29, 0.717) is 12.1 Å². The Balaban J connectivity index is 2.15. The lowest BCUT2D eigenvalue weighted by atomic mass is 10.0. The van der Waals surface area contributed by atoms with Gasteiger partial charge in [0.25, 0.3) is 0 Å². The van der Waals surface area contributed by atoms with Crippen LogP contribution in [0.3, 0.4) is 0 Å². The minimum atomic E-state index is -0.230. The summed E-state index contributed by atoms with van der Waals surface area (Å²) in [5.41, 5.74) is 9.16. The molecule has 5 heteroatoms. The number of aromatic amines is 1. The summed E-state index contributed by atoms with van der Waals surface area (Å²) >= 11 is 3.44. The lowest BCUT2D eigenvalue weighted by Crippen LogP contribution is -1.99. The van der Waals surface area contributed by atoms with Crippen LogP contribution in [-0.4, -0.2) is 16.5 Å². The van der Waals surface area contributed by atoms with Gasteiger partial charge in [-0.3, -0.25) is 4.98 Å². The second-order valence-corrected chi connectivity index (χ2v) is 6.19. The zero-order chi connectivity index (χ0) is 15.5. The van der Waals surface area contributed by atoms with E-state index in [9.17, 15) is 4.39 Å². The van der Waals surface area contributed by atoms with Gasteiger partial charge in [-0.1, -0.05) is 12.1 Å².